The van der Waals surface area contributed by atoms with E-state index in [0.717, 1.165) is 25.9 Å². The zero-order valence-corrected chi connectivity index (χ0v) is 9.88. The van der Waals surface area contributed by atoms with Crippen LogP contribution in [0, 0.1) is 5.92 Å². The van der Waals surface area contributed by atoms with Crippen molar-refractivity contribution >= 4 is 5.91 Å². The topological polar surface area (TPSA) is 50.4 Å². The van der Waals surface area contributed by atoms with Gasteiger partial charge in [-0.25, -0.2) is 8.78 Å². The number of hydrogen-bond donors (Lipinski definition) is 2. The Balaban J connectivity index is 1.96. The molecule has 0 aliphatic carbocycles. The second-order valence-electron chi connectivity index (χ2n) is 4.23. The molecule has 1 aliphatic heterocycles. The molecule has 6 heteroatoms. The maximum absolute atomic E-state index is 11.7. The number of carbonyl (C=O) groups excluding carboxylic acids is 1. The van der Waals surface area contributed by atoms with Crippen LogP contribution in [0.15, 0.2) is 0 Å². The fourth-order valence-corrected chi connectivity index (χ4v) is 1.78. The van der Waals surface area contributed by atoms with Gasteiger partial charge in [-0.15, -0.1) is 0 Å². The van der Waals surface area contributed by atoms with Gasteiger partial charge in [-0.1, -0.05) is 0 Å². The molecule has 100 valence electrons. The molecule has 1 unspecified atom stereocenters. The quantitative estimate of drug-likeness (QED) is 0.656. The van der Waals surface area contributed by atoms with E-state index in [1.165, 1.54) is 0 Å². The zero-order valence-electron chi connectivity index (χ0n) is 9.88. The van der Waals surface area contributed by atoms with Gasteiger partial charge in [0.2, 0.25) is 5.91 Å². The Morgan fingerprint density at radius 2 is 2.35 bits per heavy atom. The molecule has 0 aromatic carbocycles. The summed E-state index contributed by atoms with van der Waals surface area (Å²) < 4.78 is 28.1. The first-order chi connectivity index (χ1) is 8.18. The highest BCUT2D eigenvalue weighted by molar-refractivity contribution is 5.75. The van der Waals surface area contributed by atoms with E-state index in [1.54, 1.807) is 0 Å². The van der Waals surface area contributed by atoms with Gasteiger partial charge in [0.25, 0.3) is 6.43 Å². The van der Waals surface area contributed by atoms with Gasteiger partial charge >= 0.3 is 0 Å². The van der Waals surface area contributed by atoms with Crippen LogP contribution >= 0.6 is 0 Å². The Kier molecular flexibility index (Phi) is 7.04. The second kappa shape index (κ2) is 8.36. The fraction of sp³-hybridized carbons (Fsp3) is 0.909. The molecule has 1 saturated heterocycles. The van der Waals surface area contributed by atoms with Crippen LogP contribution < -0.4 is 10.6 Å². The van der Waals surface area contributed by atoms with Crippen molar-refractivity contribution in [1.29, 1.82) is 0 Å². The molecule has 1 heterocycles. The van der Waals surface area contributed by atoms with Gasteiger partial charge in [0, 0.05) is 13.0 Å². The first-order valence-electron chi connectivity index (χ1n) is 6.02. The first kappa shape index (κ1) is 14.3. The van der Waals surface area contributed by atoms with Crippen molar-refractivity contribution < 1.29 is 18.3 Å². The molecule has 1 rings (SSSR count). The molecule has 0 aromatic heterocycles. The third-order valence-corrected chi connectivity index (χ3v) is 2.70. The van der Waals surface area contributed by atoms with Crippen LogP contribution in [-0.2, 0) is 9.53 Å². The van der Waals surface area contributed by atoms with Crippen molar-refractivity contribution in [2.75, 3.05) is 32.8 Å². The van der Waals surface area contributed by atoms with E-state index in [1.807, 2.05) is 0 Å². The third-order valence-electron chi connectivity index (χ3n) is 2.70. The van der Waals surface area contributed by atoms with Crippen LogP contribution in [0.2, 0.25) is 0 Å². The number of rotatable bonds is 7. The zero-order chi connectivity index (χ0) is 12.5. The van der Waals surface area contributed by atoms with Crippen LogP contribution in [0.4, 0.5) is 8.78 Å². The van der Waals surface area contributed by atoms with Gasteiger partial charge in [0.15, 0.2) is 0 Å². The summed E-state index contributed by atoms with van der Waals surface area (Å²) in [6, 6.07) is 0. The second-order valence-corrected chi connectivity index (χ2v) is 4.23. The van der Waals surface area contributed by atoms with Gasteiger partial charge in [-0.2, -0.15) is 0 Å². The maximum atomic E-state index is 11.7. The molecular formula is C11H20F2N2O2. The lowest BCUT2D eigenvalue weighted by Gasteiger charge is -2.22. The standard InChI is InChI=1S/C11H20F2N2O2/c12-10(13)8-17-5-3-11(16)15-7-9-2-1-4-14-6-9/h9-10,14H,1-8H2,(H,15,16). The number of ether oxygens (including phenoxy) is 1. The third kappa shape index (κ3) is 7.23. The minimum absolute atomic E-state index is 0.0547. The van der Waals surface area contributed by atoms with Crippen molar-refractivity contribution in [2.45, 2.75) is 25.7 Å². The van der Waals surface area contributed by atoms with Crippen LogP contribution in [0.3, 0.4) is 0 Å². The summed E-state index contributed by atoms with van der Waals surface area (Å²) in [6.07, 6.45) is -0.0635. The van der Waals surface area contributed by atoms with E-state index in [4.69, 9.17) is 0 Å². The molecule has 1 aliphatic rings. The van der Waals surface area contributed by atoms with E-state index >= 15 is 0 Å². The largest absolute Gasteiger partial charge is 0.375 e. The summed E-state index contributed by atoms with van der Waals surface area (Å²) in [5, 5.41) is 6.06. The van der Waals surface area contributed by atoms with Crippen molar-refractivity contribution in [3.63, 3.8) is 0 Å². The molecule has 0 radical (unpaired) electrons. The van der Waals surface area contributed by atoms with Gasteiger partial charge in [-0.05, 0) is 31.8 Å². The number of alkyl halides is 2. The summed E-state index contributed by atoms with van der Waals surface area (Å²) in [5.74, 6) is 0.347. The molecule has 0 bridgehead atoms. The van der Waals surface area contributed by atoms with Crippen LogP contribution in [0.1, 0.15) is 19.3 Å². The average Bonchev–Trinajstić information content (AvgIpc) is 2.33. The van der Waals surface area contributed by atoms with Crippen LogP contribution in [0.25, 0.3) is 0 Å². The Morgan fingerprint density at radius 3 is 3.00 bits per heavy atom. The molecule has 0 aromatic rings. The van der Waals surface area contributed by atoms with Crippen LogP contribution in [-0.4, -0.2) is 45.2 Å². The molecule has 4 nitrogen and oxygen atoms in total. The fourth-order valence-electron chi connectivity index (χ4n) is 1.78. The minimum atomic E-state index is -2.47. The van der Waals surface area contributed by atoms with Crippen molar-refractivity contribution in [3.8, 4) is 0 Å². The van der Waals surface area contributed by atoms with E-state index in [0.29, 0.717) is 12.5 Å². The predicted octanol–water partition coefficient (Wildman–Crippen LogP) is 0.774. The highest BCUT2D eigenvalue weighted by Crippen LogP contribution is 2.08. The average molecular weight is 250 g/mol. The Bertz CT molecular complexity index is 222. The molecule has 1 fully saturated rings. The molecule has 1 atom stereocenters. The molecule has 1 amide bonds. The normalized spacial score (nSPS) is 20.5. The van der Waals surface area contributed by atoms with E-state index < -0.39 is 13.0 Å². The van der Waals surface area contributed by atoms with E-state index in [9.17, 15) is 13.6 Å². The number of carbonyl (C=O) groups is 1. The van der Waals surface area contributed by atoms with Crippen molar-refractivity contribution in [1.82, 2.24) is 10.6 Å². The highest BCUT2D eigenvalue weighted by Gasteiger charge is 2.13. The van der Waals surface area contributed by atoms with Gasteiger partial charge < -0.3 is 15.4 Å². The first-order valence-corrected chi connectivity index (χ1v) is 6.02. The number of nitrogens with one attached hydrogen (secondary N) is 2. The molecule has 0 spiro atoms. The number of halogens is 2. The van der Waals surface area contributed by atoms with Crippen LogP contribution in [0.5, 0.6) is 0 Å². The lowest BCUT2D eigenvalue weighted by Crippen LogP contribution is -2.38. The number of piperidine rings is 1. The maximum Gasteiger partial charge on any atom is 0.261 e. The number of amides is 1. The van der Waals surface area contributed by atoms with Gasteiger partial charge in [0.1, 0.15) is 6.61 Å². The Labute approximate surface area is 100 Å². The smallest absolute Gasteiger partial charge is 0.261 e. The summed E-state index contributed by atoms with van der Waals surface area (Å²) in [7, 11) is 0. The lowest BCUT2D eigenvalue weighted by molar-refractivity contribution is -0.122. The Morgan fingerprint density at radius 1 is 1.53 bits per heavy atom. The minimum Gasteiger partial charge on any atom is -0.375 e. The SMILES string of the molecule is O=C(CCOCC(F)F)NCC1CCCNC1. The molecule has 0 saturated carbocycles. The van der Waals surface area contributed by atoms with Crippen molar-refractivity contribution in [3.05, 3.63) is 0 Å². The van der Waals surface area contributed by atoms with Gasteiger partial charge in [0.05, 0.1) is 6.61 Å². The highest BCUT2D eigenvalue weighted by atomic mass is 19.3. The summed E-state index contributed by atoms with van der Waals surface area (Å²) >= 11 is 0. The summed E-state index contributed by atoms with van der Waals surface area (Å²) in [4.78, 5) is 11.3. The monoisotopic (exact) mass is 250 g/mol. The van der Waals surface area contributed by atoms with Crippen molar-refractivity contribution in [2.24, 2.45) is 5.92 Å². The summed E-state index contributed by atoms with van der Waals surface area (Å²) in [5.41, 5.74) is 0. The van der Waals surface area contributed by atoms with Gasteiger partial charge in [-0.3, -0.25) is 4.79 Å². The summed E-state index contributed by atoms with van der Waals surface area (Å²) in [6.45, 7) is 2.09. The molecule has 2 N–H and O–H groups in total. The lowest BCUT2D eigenvalue weighted by atomic mass is 10.00. The molecule has 17 heavy (non-hydrogen) atoms. The van der Waals surface area contributed by atoms with E-state index in [2.05, 4.69) is 15.4 Å². The number of hydrogen-bond acceptors (Lipinski definition) is 3. The Hall–Kier alpha value is -0.750. The predicted molar refractivity (Wildman–Crippen MR) is 60.0 cm³/mol. The molecular weight excluding hydrogens is 230 g/mol. The van der Waals surface area contributed by atoms with E-state index in [-0.39, 0.29) is 18.9 Å².